The van der Waals surface area contributed by atoms with E-state index in [1.54, 1.807) is 18.2 Å². The van der Waals surface area contributed by atoms with Crippen LogP contribution in [0, 0.1) is 0 Å². The highest BCUT2D eigenvalue weighted by Gasteiger charge is 2.15. The van der Waals surface area contributed by atoms with E-state index < -0.39 is 0 Å². The van der Waals surface area contributed by atoms with Crippen molar-refractivity contribution in [1.29, 1.82) is 0 Å². The molecule has 2 heterocycles. The summed E-state index contributed by atoms with van der Waals surface area (Å²) in [6, 6.07) is 5.35. The van der Waals surface area contributed by atoms with E-state index in [4.69, 9.17) is 14.2 Å². The van der Waals surface area contributed by atoms with Crippen LogP contribution in [0.25, 0.3) is 0 Å². The Labute approximate surface area is 98.0 Å². The van der Waals surface area contributed by atoms with Gasteiger partial charge in [0.1, 0.15) is 24.7 Å². The van der Waals surface area contributed by atoms with Gasteiger partial charge in [-0.15, -0.1) is 0 Å². The van der Waals surface area contributed by atoms with E-state index in [0.717, 1.165) is 5.75 Å². The lowest BCUT2D eigenvalue weighted by Crippen LogP contribution is -2.16. The number of carbonyl (C=O) groups is 1. The predicted octanol–water partition coefficient (Wildman–Crippen LogP) is 0.850. The summed E-state index contributed by atoms with van der Waals surface area (Å²) < 4.78 is 16.4. The summed E-state index contributed by atoms with van der Waals surface area (Å²) in [4.78, 5) is 11.0. The fraction of sp³-hybridized carbons (Fsp3) is 0.250. The molecule has 0 bridgehead atoms. The SMILES string of the molecule is O=C1C=C(Oc2ccc3c(c2)OCCO3)CN1. The van der Waals surface area contributed by atoms with Gasteiger partial charge in [-0.25, -0.2) is 0 Å². The number of nitrogens with one attached hydrogen (secondary N) is 1. The van der Waals surface area contributed by atoms with E-state index >= 15 is 0 Å². The van der Waals surface area contributed by atoms with Crippen LogP contribution in [0.2, 0.25) is 0 Å². The molecule has 0 saturated carbocycles. The minimum atomic E-state index is -0.127. The molecule has 1 amide bonds. The van der Waals surface area contributed by atoms with Gasteiger partial charge in [0.25, 0.3) is 0 Å². The molecule has 0 radical (unpaired) electrons. The van der Waals surface area contributed by atoms with Crippen LogP contribution < -0.4 is 19.5 Å². The first-order chi connectivity index (χ1) is 8.31. The Morgan fingerprint density at radius 1 is 1.18 bits per heavy atom. The van der Waals surface area contributed by atoms with Gasteiger partial charge in [-0.1, -0.05) is 0 Å². The zero-order valence-corrected chi connectivity index (χ0v) is 9.06. The number of amides is 1. The maximum atomic E-state index is 11.0. The summed E-state index contributed by atoms with van der Waals surface area (Å²) in [6.45, 7) is 1.53. The van der Waals surface area contributed by atoms with Crippen molar-refractivity contribution >= 4 is 5.91 Å². The molecule has 88 valence electrons. The topological polar surface area (TPSA) is 56.8 Å². The van der Waals surface area contributed by atoms with Crippen LogP contribution in [-0.2, 0) is 4.79 Å². The maximum Gasteiger partial charge on any atom is 0.247 e. The van der Waals surface area contributed by atoms with Gasteiger partial charge >= 0.3 is 0 Å². The number of fused-ring (bicyclic) bond motifs is 1. The van der Waals surface area contributed by atoms with Crippen molar-refractivity contribution in [2.75, 3.05) is 19.8 Å². The molecule has 0 saturated heterocycles. The Kier molecular flexibility index (Phi) is 2.36. The van der Waals surface area contributed by atoms with E-state index in [0.29, 0.717) is 37.0 Å². The number of rotatable bonds is 2. The zero-order valence-electron chi connectivity index (χ0n) is 9.06. The van der Waals surface area contributed by atoms with Gasteiger partial charge in [0.15, 0.2) is 11.5 Å². The summed E-state index contributed by atoms with van der Waals surface area (Å²) in [7, 11) is 0. The first kappa shape index (κ1) is 10.0. The molecule has 0 atom stereocenters. The van der Waals surface area contributed by atoms with E-state index in [-0.39, 0.29) is 5.91 Å². The van der Waals surface area contributed by atoms with E-state index in [2.05, 4.69) is 5.32 Å². The fourth-order valence-electron chi connectivity index (χ4n) is 1.73. The molecule has 2 aliphatic rings. The standard InChI is InChI=1S/C12H11NO4/c14-12-6-9(7-13-12)17-8-1-2-10-11(5-8)16-4-3-15-10/h1-2,5-6H,3-4,7H2,(H,13,14). The van der Waals surface area contributed by atoms with Gasteiger partial charge in [0.05, 0.1) is 6.54 Å². The third-order valence-corrected chi connectivity index (χ3v) is 2.49. The summed E-state index contributed by atoms with van der Waals surface area (Å²) in [5.41, 5.74) is 0. The third kappa shape index (κ3) is 2.04. The zero-order chi connectivity index (χ0) is 11.7. The van der Waals surface area contributed by atoms with Crippen LogP contribution in [0.5, 0.6) is 17.2 Å². The molecule has 0 fully saturated rings. The Morgan fingerprint density at radius 3 is 2.76 bits per heavy atom. The molecule has 17 heavy (non-hydrogen) atoms. The molecule has 0 aliphatic carbocycles. The quantitative estimate of drug-likeness (QED) is 0.822. The molecule has 0 unspecified atom stereocenters. The van der Waals surface area contributed by atoms with Crippen LogP contribution in [-0.4, -0.2) is 25.7 Å². The third-order valence-electron chi connectivity index (χ3n) is 2.49. The molecule has 1 aromatic rings. The van der Waals surface area contributed by atoms with Gasteiger partial charge in [-0.3, -0.25) is 4.79 Å². The van der Waals surface area contributed by atoms with Crippen LogP contribution in [0.1, 0.15) is 0 Å². The molecule has 0 spiro atoms. The van der Waals surface area contributed by atoms with Crippen molar-refractivity contribution in [3.8, 4) is 17.2 Å². The monoisotopic (exact) mass is 233 g/mol. The molecular formula is C12H11NO4. The molecule has 5 nitrogen and oxygen atoms in total. The van der Waals surface area contributed by atoms with Gasteiger partial charge in [-0.05, 0) is 12.1 Å². The van der Waals surface area contributed by atoms with E-state index in [1.165, 1.54) is 6.08 Å². The highest BCUT2D eigenvalue weighted by atomic mass is 16.6. The number of benzene rings is 1. The first-order valence-corrected chi connectivity index (χ1v) is 5.37. The second-order valence-corrected chi connectivity index (χ2v) is 3.74. The van der Waals surface area contributed by atoms with Crippen molar-refractivity contribution in [3.05, 3.63) is 30.0 Å². The first-order valence-electron chi connectivity index (χ1n) is 5.37. The highest BCUT2D eigenvalue weighted by molar-refractivity contribution is 5.90. The predicted molar refractivity (Wildman–Crippen MR) is 59.2 cm³/mol. The number of ether oxygens (including phenoxy) is 3. The van der Waals surface area contributed by atoms with Crippen molar-refractivity contribution < 1.29 is 19.0 Å². The lowest BCUT2D eigenvalue weighted by Gasteiger charge is -2.18. The van der Waals surface area contributed by atoms with E-state index in [9.17, 15) is 4.79 Å². The van der Waals surface area contributed by atoms with Crippen molar-refractivity contribution in [2.45, 2.75) is 0 Å². The minimum absolute atomic E-state index is 0.127. The summed E-state index contributed by atoms with van der Waals surface area (Å²) in [6.07, 6.45) is 1.44. The average Bonchev–Trinajstić information content (AvgIpc) is 2.75. The van der Waals surface area contributed by atoms with E-state index in [1.807, 2.05) is 0 Å². The van der Waals surface area contributed by atoms with Crippen molar-refractivity contribution in [1.82, 2.24) is 5.32 Å². The fourth-order valence-corrected chi connectivity index (χ4v) is 1.73. The summed E-state index contributed by atoms with van der Waals surface area (Å²) in [5, 5.41) is 2.64. The second-order valence-electron chi connectivity index (χ2n) is 3.74. The maximum absolute atomic E-state index is 11.0. The molecule has 5 heteroatoms. The Balaban J connectivity index is 1.80. The highest BCUT2D eigenvalue weighted by Crippen LogP contribution is 2.34. The molecule has 1 N–H and O–H groups in total. The van der Waals surface area contributed by atoms with Crippen molar-refractivity contribution in [2.24, 2.45) is 0 Å². The average molecular weight is 233 g/mol. The largest absolute Gasteiger partial charge is 0.486 e. The number of hydrogen-bond donors (Lipinski definition) is 1. The second kappa shape index (κ2) is 4.01. The summed E-state index contributed by atoms with van der Waals surface area (Å²) >= 11 is 0. The molecular weight excluding hydrogens is 222 g/mol. The van der Waals surface area contributed by atoms with Crippen molar-refractivity contribution in [3.63, 3.8) is 0 Å². The molecule has 0 aromatic heterocycles. The van der Waals surface area contributed by atoms with Gasteiger partial charge in [0, 0.05) is 12.1 Å². The molecule has 1 aromatic carbocycles. The van der Waals surface area contributed by atoms with Gasteiger partial charge in [0.2, 0.25) is 5.91 Å². The lowest BCUT2D eigenvalue weighted by molar-refractivity contribution is -0.115. The number of carbonyl (C=O) groups excluding carboxylic acids is 1. The normalized spacial score (nSPS) is 17.4. The number of hydrogen-bond acceptors (Lipinski definition) is 4. The van der Waals surface area contributed by atoms with Crippen LogP contribution in [0.4, 0.5) is 0 Å². The van der Waals surface area contributed by atoms with Crippen LogP contribution in [0.15, 0.2) is 30.0 Å². The van der Waals surface area contributed by atoms with Crippen LogP contribution in [0.3, 0.4) is 0 Å². The Morgan fingerprint density at radius 2 is 2.00 bits per heavy atom. The lowest BCUT2D eigenvalue weighted by atomic mass is 10.3. The Hall–Kier alpha value is -2.17. The van der Waals surface area contributed by atoms with Crippen LogP contribution >= 0.6 is 0 Å². The minimum Gasteiger partial charge on any atom is -0.486 e. The Bertz CT molecular complexity index is 495. The molecule has 2 aliphatic heterocycles. The molecule has 3 rings (SSSR count). The summed E-state index contributed by atoms with van der Waals surface area (Å²) in [5.74, 6) is 2.51. The van der Waals surface area contributed by atoms with Gasteiger partial charge < -0.3 is 19.5 Å². The smallest absolute Gasteiger partial charge is 0.247 e. The van der Waals surface area contributed by atoms with Gasteiger partial charge in [-0.2, -0.15) is 0 Å².